The van der Waals surface area contributed by atoms with E-state index in [-0.39, 0.29) is 6.03 Å². The van der Waals surface area contributed by atoms with Gasteiger partial charge in [0.25, 0.3) is 0 Å². The number of hydrogen-bond acceptors (Lipinski definition) is 3. The summed E-state index contributed by atoms with van der Waals surface area (Å²) in [6, 6.07) is 11.5. The molecular formula is C14H14N4OS. The Kier molecular flexibility index (Phi) is 3.39. The second kappa shape index (κ2) is 5.34. The van der Waals surface area contributed by atoms with E-state index >= 15 is 0 Å². The van der Waals surface area contributed by atoms with E-state index < -0.39 is 0 Å². The third-order valence-electron chi connectivity index (χ3n) is 2.99. The van der Waals surface area contributed by atoms with Crippen molar-refractivity contribution in [2.45, 2.75) is 6.54 Å². The number of hydrogen-bond donors (Lipinski definition) is 1. The quantitative estimate of drug-likeness (QED) is 0.805. The van der Waals surface area contributed by atoms with Gasteiger partial charge in [-0.1, -0.05) is 18.2 Å². The highest BCUT2D eigenvalue weighted by molar-refractivity contribution is 7.09. The van der Waals surface area contributed by atoms with Gasteiger partial charge in [-0.15, -0.1) is 11.3 Å². The molecule has 0 aliphatic heterocycles. The molecule has 0 saturated heterocycles. The first-order chi connectivity index (χ1) is 9.74. The molecule has 3 aromatic rings. The SMILES string of the molecule is CN(Cc1cccs1)C(=O)Nn1cnc2ccccc21. The molecule has 0 fully saturated rings. The zero-order valence-electron chi connectivity index (χ0n) is 11.0. The van der Waals surface area contributed by atoms with E-state index in [1.165, 1.54) is 0 Å². The van der Waals surface area contributed by atoms with Crippen LogP contribution in [0.4, 0.5) is 4.79 Å². The minimum atomic E-state index is -0.165. The van der Waals surface area contributed by atoms with Crippen molar-refractivity contribution in [2.24, 2.45) is 0 Å². The summed E-state index contributed by atoms with van der Waals surface area (Å²) < 4.78 is 1.64. The van der Waals surface area contributed by atoms with Gasteiger partial charge in [0.15, 0.2) is 0 Å². The molecule has 0 unspecified atom stereocenters. The Labute approximate surface area is 120 Å². The van der Waals surface area contributed by atoms with Gasteiger partial charge < -0.3 is 4.90 Å². The van der Waals surface area contributed by atoms with Gasteiger partial charge in [-0.05, 0) is 23.6 Å². The topological polar surface area (TPSA) is 50.2 Å². The minimum absolute atomic E-state index is 0.165. The minimum Gasteiger partial charge on any atom is -0.321 e. The Hall–Kier alpha value is -2.34. The summed E-state index contributed by atoms with van der Waals surface area (Å²) in [5.41, 5.74) is 4.56. The average molecular weight is 286 g/mol. The number of urea groups is 1. The van der Waals surface area contributed by atoms with Crippen LogP contribution in [0.1, 0.15) is 4.88 Å². The molecule has 20 heavy (non-hydrogen) atoms. The third-order valence-corrected chi connectivity index (χ3v) is 3.85. The monoisotopic (exact) mass is 286 g/mol. The molecule has 0 bridgehead atoms. The fourth-order valence-electron chi connectivity index (χ4n) is 1.94. The fraction of sp³-hybridized carbons (Fsp3) is 0.143. The fourth-order valence-corrected chi connectivity index (χ4v) is 2.70. The molecule has 0 radical (unpaired) electrons. The van der Waals surface area contributed by atoms with E-state index in [2.05, 4.69) is 10.4 Å². The summed E-state index contributed by atoms with van der Waals surface area (Å²) in [5, 5.41) is 2.00. The molecule has 2 amide bonds. The molecule has 0 aliphatic rings. The van der Waals surface area contributed by atoms with Crippen molar-refractivity contribution in [3.63, 3.8) is 0 Å². The van der Waals surface area contributed by atoms with E-state index in [1.54, 1.807) is 34.3 Å². The normalized spacial score (nSPS) is 10.7. The highest BCUT2D eigenvalue weighted by atomic mass is 32.1. The van der Waals surface area contributed by atoms with Crippen LogP contribution in [-0.4, -0.2) is 27.6 Å². The number of thiophene rings is 1. The Morgan fingerprint density at radius 2 is 2.20 bits per heavy atom. The number of aromatic nitrogens is 2. The van der Waals surface area contributed by atoms with Crippen molar-refractivity contribution in [1.82, 2.24) is 14.6 Å². The van der Waals surface area contributed by atoms with Gasteiger partial charge in [-0.2, -0.15) is 0 Å². The van der Waals surface area contributed by atoms with Crippen LogP contribution >= 0.6 is 11.3 Å². The van der Waals surface area contributed by atoms with Crippen molar-refractivity contribution in [2.75, 3.05) is 12.5 Å². The van der Waals surface area contributed by atoms with Crippen LogP contribution < -0.4 is 5.43 Å². The number of amides is 2. The summed E-state index contributed by atoms with van der Waals surface area (Å²) in [6.45, 7) is 0.593. The number of rotatable bonds is 3. The summed E-state index contributed by atoms with van der Waals surface area (Å²) in [5.74, 6) is 0. The Balaban J connectivity index is 1.72. The lowest BCUT2D eigenvalue weighted by Gasteiger charge is -2.17. The van der Waals surface area contributed by atoms with Crippen LogP contribution in [0.15, 0.2) is 48.1 Å². The molecule has 0 atom stereocenters. The van der Waals surface area contributed by atoms with Crippen molar-refractivity contribution in [3.05, 3.63) is 53.0 Å². The third kappa shape index (κ3) is 2.50. The summed E-state index contributed by atoms with van der Waals surface area (Å²) in [7, 11) is 1.77. The number of imidazole rings is 1. The Bertz CT molecular complexity index is 720. The number of benzene rings is 1. The lowest BCUT2D eigenvalue weighted by Crippen LogP contribution is -2.35. The molecular weight excluding hydrogens is 272 g/mol. The van der Waals surface area contributed by atoms with Crippen LogP contribution in [0.5, 0.6) is 0 Å². The maximum absolute atomic E-state index is 12.2. The molecule has 5 nitrogen and oxygen atoms in total. The Morgan fingerprint density at radius 3 is 3.00 bits per heavy atom. The average Bonchev–Trinajstić information content (AvgIpc) is 3.09. The van der Waals surface area contributed by atoms with E-state index in [9.17, 15) is 4.79 Å². The van der Waals surface area contributed by atoms with E-state index in [0.29, 0.717) is 6.54 Å². The number of nitrogens with zero attached hydrogens (tertiary/aromatic N) is 3. The number of para-hydroxylation sites is 2. The van der Waals surface area contributed by atoms with Crippen molar-refractivity contribution in [1.29, 1.82) is 0 Å². The van der Waals surface area contributed by atoms with E-state index in [1.807, 2.05) is 41.8 Å². The molecule has 1 aromatic carbocycles. The molecule has 0 saturated carbocycles. The number of nitrogens with one attached hydrogen (secondary N) is 1. The van der Waals surface area contributed by atoms with E-state index in [4.69, 9.17) is 0 Å². The van der Waals surface area contributed by atoms with Gasteiger partial charge in [-0.3, -0.25) is 0 Å². The van der Waals surface area contributed by atoms with Crippen LogP contribution in [-0.2, 0) is 6.54 Å². The highest BCUT2D eigenvalue weighted by Gasteiger charge is 2.11. The van der Waals surface area contributed by atoms with Gasteiger partial charge in [0.05, 0.1) is 17.6 Å². The maximum atomic E-state index is 12.2. The van der Waals surface area contributed by atoms with Gasteiger partial charge in [0, 0.05) is 11.9 Å². The standard InChI is InChI=1S/C14H14N4OS/c1-17(9-11-5-4-8-20-11)14(19)16-18-10-15-12-6-2-3-7-13(12)18/h2-8,10H,9H2,1H3,(H,16,19). The first-order valence-corrected chi connectivity index (χ1v) is 7.08. The Morgan fingerprint density at radius 1 is 1.35 bits per heavy atom. The smallest absolute Gasteiger partial charge is 0.321 e. The van der Waals surface area contributed by atoms with Crippen LogP contribution in [0.2, 0.25) is 0 Å². The predicted octanol–water partition coefficient (Wildman–Crippen LogP) is 2.89. The summed E-state index contributed by atoms with van der Waals surface area (Å²) >= 11 is 1.64. The van der Waals surface area contributed by atoms with Crippen LogP contribution in [0.25, 0.3) is 11.0 Å². The zero-order chi connectivity index (χ0) is 13.9. The zero-order valence-corrected chi connectivity index (χ0v) is 11.8. The molecule has 2 aromatic heterocycles. The summed E-state index contributed by atoms with van der Waals surface area (Å²) in [6.07, 6.45) is 1.61. The molecule has 6 heteroatoms. The van der Waals surface area contributed by atoms with Gasteiger partial charge in [0.1, 0.15) is 6.33 Å². The molecule has 1 N–H and O–H groups in total. The molecule has 0 spiro atoms. The van der Waals surface area contributed by atoms with Crippen molar-refractivity contribution in [3.8, 4) is 0 Å². The molecule has 102 valence electrons. The van der Waals surface area contributed by atoms with Gasteiger partial charge in [0.2, 0.25) is 0 Å². The molecule has 2 heterocycles. The second-order valence-electron chi connectivity index (χ2n) is 4.46. The van der Waals surface area contributed by atoms with Gasteiger partial charge >= 0.3 is 6.03 Å². The van der Waals surface area contributed by atoms with Crippen molar-refractivity contribution >= 4 is 28.4 Å². The lowest BCUT2D eigenvalue weighted by atomic mass is 10.3. The number of fused-ring (bicyclic) bond motifs is 1. The largest absolute Gasteiger partial charge is 0.336 e. The van der Waals surface area contributed by atoms with Crippen molar-refractivity contribution < 1.29 is 4.79 Å². The predicted molar refractivity (Wildman–Crippen MR) is 80.3 cm³/mol. The number of carbonyl (C=O) groups excluding carboxylic acids is 1. The first-order valence-electron chi connectivity index (χ1n) is 6.20. The number of carbonyl (C=O) groups is 1. The highest BCUT2D eigenvalue weighted by Crippen LogP contribution is 2.12. The van der Waals surface area contributed by atoms with E-state index in [0.717, 1.165) is 15.9 Å². The summed E-state index contributed by atoms with van der Waals surface area (Å²) in [4.78, 5) is 19.2. The lowest BCUT2D eigenvalue weighted by molar-refractivity contribution is 0.218. The first kappa shape index (κ1) is 12.7. The van der Waals surface area contributed by atoms with Gasteiger partial charge in [-0.25, -0.2) is 19.9 Å². The maximum Gasteiger partial charge on any atom is 0.336 e. The van der Waals surface area contributed by atoms with Crippen LogP contribution in [0.3, 0.4) is 0 Å². The molecule has 0 aliphatic carbocycles. The molecule has 3 rings (SSSR count). The second-order valence-corrected chi connectivity index (χ2v) is 5.49. The van der Waals surface area contributed by atoms with Crippen LogP contribution in [0, 0.1) is 0 Å².